The van der Waals surface area contributed by atoms with Gasteiger partial charge in [-0.15, -0.1) is 12.4 Å². The predicted molar refractivity (Wildman–Crippen MR) is 84.5 cm³/mol. The van der Waals surface area contributed by atoms with E-state index in [9.17, 15) is 12.8 Å². The van der Waals surface area contributed by atoms with Crippen molar-refractivity contribution in [1.82, 2.24) is 10.0 Å². The maximum atomic E-state index is 13.1. The zero-order valence-electron chi connectivity index (χ0n) is 11.0. The number of sulfonamides is 1. The number of rotatable bonds is 4. The lowest BCUT2D eigenvalue weighted by Gasteiger charge is -2.23. The summed E-state index contributed by atoms with van der Waals surface area (Å²) in [7, 11) is -3.85. The molecule has 0 bridgehead atoms. The minimum Gasteiger partial charge on any atom is -0.316 e. The van der Waals surface area contributed by atoms with Crippen molar-refractivity contribution in [2.24, 2.45) is 5.92 Å². The summed E-state index contributed by atoms with van der Waals surface area (Å²) in [5, 5.41) is 2.77. The molecule has 2 N–H and O–H groups in total. The molecule has 1 heterocycles. The number of hydrogen-bond acceptors (Lipinski definition) is 3. The molecule has 1 unspecified atom stereocenters. The molecule has 4 nitrogen and oxygen atoms in total. The van der Waals surface area contributed by atoms with Crippen LogP contribution in [0.1, 0.15) is 12.8 Å². The maximum absolute atomic E-state index is 13.1. The number of nitrogens with one attached hydrogen (secondary N) is 2. The third-order valence-electron chi connectivity index (χ3n) is 3.19. The summed E-state index contributed by atoms with van der Waals surface area (Å²) in [5.74, 6) is -0.438. The standard InChI is InChI=1S/C12H15Cl2FN2O2S.ClH/c13-10-4-9(15)5-11(14)12(10)20(18,19)17-7-8-2-1-3-16-6-8;/h4-5,8,16-17H,1-3,6-7H2;1H. The van der Waals surface area contributed by atoms with Gasteiger partial charge in [-0.2, -0.15) is 0 Å². The molecule has 120 valence electrons. The minimum absolute atomic E-state index is 0. The smallest absolute Gasteiger partial charge is 0.243 e. The molecule has 0 saturated carbocycles. The third kappa shape index (κ3) is 4.94. The highest BCUT2D eigenvalue weighted by atomic mass is 35.5. The van der Waals surface area contributed by atoms with Crippen LogP contribution in [0.4, 0.5) is 4.39 Å². The summed E-state index contributed by atoms with van der Waals surface area (Å²) in [6.45, 7) is 2.03. The maximum Gasteiger partial charge on any atom is 0.243 e. The Balaban J connectivity index is 0.00000220. The predicted octanol–water partition coefficient (Wildman–Crippen LogP) is 2.83. The molecule has 2 rings (SSSR count). The van der Waals surface area contributed by atoms with Crippen LogP contribution in [0, 0.1) is 11.7 Å². The summed E-state index contributed by atoms with van der Waals surface area (Å²) >= 11 is 11.6. The number of benzene rings is 1. The first-order valence-corrected chi connectivity index (χ1v) is 8.49. The van der Waals surface area contributed by atoms with Crippen molar-refractivity contribution < 1.29 is 12.8 Å². The first kappa shape index (κ1) is 18.9. The van der Waals surface area contributed by atoms with Crippen molar-refractivity contribution in [3.05, 3.63) is 28.0 Å². The second-order valence-electron chi connectivity index (χ2n) is 4.76. The topological polar surface area (TPSA) is 58.2 Å². The van der Waals surface area contributed by atoms with Gasteiger partial charge in [0, 0.05) is 6.54 Å². The fourth-order valence-corrected chi connectivity index (χ4v) is 4.48. The molecule has 0 radical (unpaired) electrons. The van der Waals surface area contributed by atoms with Gasteiger partial charge in [-0.05, 0) is 44.0 Å². The molecule has 1 fully saturated rings. The normalized spacial score (nSPS) is 19.1. The fourth-order valence-electron chi connectivity index (χ4n) is 2.18. The Morgan fingerprint density at radius 2 is 1.95 bits per heavy atom. The van der Waals surface area contributed by atoms with Crippen molar-refractivity contribution in [2.75, 3.05) is 19.6 Å². The highest BCUT2D eigenvalue weighted by Gasteiger charge is 2.24. The third-order valence-corrected chi connectivity index (χ3v) is 5.54. The SMILES string of the molecule is Cl.O=S(=O)(NCC1CCCNC1)c1c(Cl)cc(F)cc1Cl. The van der Waals surface area contributed by atoms with E-state index < -0.39 is 15.8 Å². The van der Waals surface area contributed by atoms with Crippen LogP contribution in [-0.4, -0.2) is 28.1 Å². The van der Waals surface area contributed by atoms with Gasteiger partial charge in [0.25, 0.3) is 0 Å². The van der Waals surface area contributed by atoms with Crippen molar-refractivity contribution >= 4 is 45.6 Å². The van der Waals surface area contributed by atoms with Crippen LogP contribution in [0.25, 0.3) is 0 Å². The largest absolute Gasteiger partial charge is 0.316 e. The highest BCUT2D eigenvalue weighted by Crippen LogP contribution is 2.30. The molecule has 1 aliphatic rings. The lowest BCUT2D eigenvalue weighted by Crippen LogP contribution is -2.38. The van der Waals surface area contributed by atoms with E-state index in [1.54, 1.807) is 0 Å². The number of hydrogen-bond donors (Lipinski definition) is 2. The van der Waals surface area contributed by atoms with Gasteiger partial charge in [-0.25, -0.2) is 17.5 Å². The Morgan fingerprint density at radius 1 is 1.33 bits per heavy atom. The molecule has 1 aliphatic heterocycles. The van der Waals surface area contributed by atoms with Gasteiger partial charge in [-0.3, -0.25) is 0 Å². The molecule has 0 aromatic heterocycles. The van der Waals surface area contributed by atoms with Gasteiger partial charge in [0.1, 0.15) is 10.7 Å². The van der Waals surface area contributed by atoms with Gasteiger partial charge in [0.05, 0.1) is 10.0 Å². The van der Waals surface area contributed by atoms with Gasteiger partial charge in [-0.1, -0.05) is 23.2 Å². The van der Waals surface area contributed by atoms with E-state index in [0.29, 0.717) is 6.54 Å². The summed E-state index contributed by atoms with van der Waals surface area (Å²) in [5.41, 5.74) is 0. The molecular weight excluding hydrogens is 362 g/mol. The summed E-state index contributed by atoms with van der Waals surface area (Å²) in [6, 6.07) is 1.87. The van der Waals surface area contributed by atoms with E-state index in [0.717, 1.165) is 38.1 Å². The van der Waals surface area contributed by atoms with E-state index in [1.165, 1.54) is 0 Å². The zero-order chi connectivity index (χ0) is 14.8. The van der Waals surface area contributed by atoms with Gasteiger partial charge in [0.15, 0.2) is 0 Å². The van der Waals surface area contributed by atoms with Crippen molar-refractivity contribution in [3.8, 4) is 0 Å². The second-order valence-corrected chi connectivity index (χ2v) is 7.28. The number of piperidine rings is 1. The first-order chi connectivity index (χ1) is 9.40. The van der Waals surface area contributed by atoms with Crippen LogP contribution < -0.4 is 10.0 Å². The molecule has 0 spiro atoms. The molecule has 0 aliphatic carbocycles. The van der Waals surface area contributed by atoms with E-state index in [1.807, 2.05) is 0 Å². The van der Waals surface area contributed by atoms with E-state index in [2.05, 4.69) is 10.0 Å². The minimum atomic E-state index is -3.85. The molecular formula is C12H16Cl3FN2O2S. The van der Waals surface area contributed by atoms with Crippen LogP contribution in [-0.2, 0) is 10.0 Å². The fraction of sp³-hybridized carbons (Fsp3) is 0.500. The molecule has 1 atom stereocenters. The van der Waals surface area contributed by atoms with Crippen molar-refractivity contribution in [3.63, 3.8) is 0 Å². The summed E-state index contributed by atoms with van der Waals surface area (Å²) in [6.07, 6.45) is 1.98. The number of halogens is 4. The lowest BCUT2D eigenvalue weighted by molar-refractivity contribution is 0.376. The Hall–Kier alpha value is -0.110. The summed E-state index contributed by atoms with van der Waals surface area (Å²) in [4.78, 5) is -0.272. The summed E-state index contributed by atoms with van der Waals surface area (Å²) < 4.78 is 40.0. The van der Waals surface area contributed by atoms with Crippen LogP contribution in [0.15, 0.2) is 17.0 Å². The average molecular weight is 378 g/mol. The average Bonchev–Trinajstić information content (AvgIpc) is 2.36. The second kappa shape index (κ2) is 7.94. The monoisotopic (exact) mass is 376 g/mol. The van der Waals surface area contributed by atoms with Gasteiger partial charge in [0.2, 0.25) is 10.0 Å². The van der Waals surface area contributed by atoms with Crippen LogP contribution >= 0.6 is 35.6 Å². The van der Waals surface area contributed by atoms with E-state index >= 15 is 0 Å². The Labute approximate surface area is 139 Å². The van der Waals surface area contributed by atoms with Crippen LogP contribution in [0.3, 0.4) is 0 Å². The van der Waals surface area contributed by atoms with Crippen molar-refractivity contribution in [2.45, 2.75) is 17.7 Å². The van der Waals surface area contributed by atoms with Crippen LogP contribution in [0.2, 0.25) is 10.0 Å². The van der Waals surface area contributed by atoms with E-state index in [4.69, 9.17) is 23.2 Å². The van der Waals surface area contributed by atoms with Gasteiger partial charge < -0.3 is 5.32 Å². The quantitative estimate of drug-likeness (QED) is 0.848. The van der Waals surface area contributed by atoms with Crippen LogP contribution in [0.5, 0.6) is 0 Å². The Kier molecular flexibility index (Phi) is 7.16. The van der Waals surface area contributed by atoms with Crippen molar-refractivity contribution in [1.29, 1.82) is 0 Å². The Bertz CT molecular complexity index is 569. The molecule has 9 heteroatoms. The van der Waals surface area contributed by atoms with E-state index in [-0.39, 0.29) is 33.3 Å². The first-order valence-electron chi connectivity index (χ1n) is 6.25. The molecule has 21 heavy (non-hydrogen) atoms. The Morgan fingerprint density at radius 3 is 2.48 bits per heavy atom. The molecule has 1 aromatic rings. The molecule has 1 saturated heterocycles. The highest BCUT2D eigenvalue weighted by molar-refractivity contribution is 7.89. The molecule has 1 aromatic carbocycles. The van der Waals surface area contributed by atoms with Gasteiger partial charge >= 0.3 is 0 Å². The molecule has 0 amide bonds. The lowest BCUT2D eigenvalue weighted by atomic mass is 10.0. The zero-order valence-corrected chi connectivity index (χ0v) is 14.2.